The van der Waals surface area contributed by atoms with E-state index in [0.29, 0.717) is 26.2 Å². The fraction of sp³-hybridized carbons (Fsp3) is 0.524. The molecule has 2 aliphatic rings. The average Bonchev–Trinajstić information content (AvgIpc) is 2.76. The van der Waals surface area contributed by atoms with Crippen LogP contribution in [0.1, 0.15) is 46.6 Å². The van der Waals surface area contributed by atoms with Crippen LogP contribution < -0.4 is 15.1 Å². The molecule has 1 aromatic carbocycles. The van der Waals surface area contributed by atoms with Crippen molar-refractivity contribution in [2.24, 2.45) is 0 Å². The van der Waals surface area contributed by atoms with Crippen LogP contribution in [0.25, 0.3) is 10.9 Å². The highest BCUT2D eigenvalue weighted by atomic mass is 19.1. The Labute approximate surface area is 178 Å². The standard InChI is InChI=1S/C21H26FN3O4/c1-12(2)29-21(27)15-10-25-13(3)11-28-20-17(25)14(19(15)26)9-16(22)18(20)24-7-5-23(4)6-8-24/h9-10,12-13H,5-8,11H2,1-4H3/i1D3,2D3,12D. The summed E-state index contributed by atoms with van der Waals surface area (Å²) in [6.07, 6.45) is -2.49. The average molecular weight is 410 g/mol. The molecule has 1 unspecified atom stereocenters. The number of likely N-dealkylation sites (N-methyl/N-ethyl adjacent to an activating group) is 1. The second-order valence-electron chi connectivity index (χ2n) is 7.38. The van der Waals surface area contributed by atoms with Crippen LogP contribution in [-0.4, -0.2) is 61.3 Å². The van der Waals surface area contributed by atoms with Gasteiger partial charge in [0, 0.05) is 40.6 Å². The van der Waals surface area contributed by atoms with Crippen LogP contribution in [0.3, 0.4) is 0 Å². The number of ether oxygens (including phenoxy) is 2. The van der Waals surface area contributed by atoms with Gasteiger partial charge in [0.1, 0.15) is 17.9 Å². The van der Waals surface area contributed by atoms with Crippen LogP contribution in [0.4, 0.5) is 10.1 Å². The topological polar surface area (TPSA) is 64.0 Å². The maximum Gasteiger partial charge on any atom is 0.343 e. The zero-order valence-corrected chi connectivity index (χ0v) is 16.1. The zero-order chi connectivity index (χ0) is 26.8. The van der Waals surface area contributed by atoms with Gasteiger partial charge in [-0.05, 0) is 33.7 Å². The van der Waals surface area contributed by atoms with Crippen LogP contribution in [0, 0.1) is 5.82 Å². The highest BCUT2D eigenvalue weighted by Gasteiger charge is 2.31. The number of piperazine rings is 1. The molecule has 7 nitrogen and oxygen atoms in total. The summed E-state index contributed by atoms with van der Waals surface area (Å²) < 4.78 is 80.1. The summed E-state index contributed by atoms with van der Waals surface area (Å²) in [7, 11) is 1.96. The molecule has 2 aromatic rings. The number of aromatic nitrogens is 1. The molecule has 1 saturated heterocycles. The maximum absolute atomic E-state index is 15.4. The number of rotatable bonds is 3. The minimum Gasteiger partial charge on any atom is -0.487 e. The Kier molecular flexibility index (Phi) is 3.25. The quantitative estimate of drug-likeness (QED) is 0.724. The van der Waals surface area contributed by atoms with Crippen molar-refractivity contribution < 1.29 is 28.3 Å². The lowest BCUT2D eigenvalue weighted by Crippen LogP contribution is -2.45. The Morgan fingerprint density at radius 1 is 1.38 bits per heavy atom. The minimum absolute atomic E-state index is 0.0938. The maximum atomic E-state index is 15.4. The molecule has 2 aliphatic heterocycles. The van der Waals surface area contributed by atoms with Gasteiger partial charge in [-0.3, -0.25) is 4.79 Å². The summed E-state index contributed by atoms with van der Waals surface area (Å²) in [5.41, 5.74) is -1.23. The van der Waals surface area contributed by atoms with Crippen molar-refractivity contribution in [2.45, 2.75) is 32.7 Å². The van der Waals surface area contributed by atoms with Crippen LogP contribution >= 0.6 is 0 Å². The second-order valence-corrected chi connectivity index (χ2v) is 7.38. The first-order valence-corrected chi connectivity index (χ1v) is 9.28. The molecule has 4 rings (SSSR count). The van der Waals surface area contributed by atoms with Gasteiger partial charge in [0.15, 0.2) is 11.6 Å². The molecule has 1 aromatic heterocycles. The third-order valence-corrected chi connectivity index (χ3v) is 5.38. The normalized spacial score (nSPS) is 24.3. The molecule has 3 heterocycles. The smallest absolute Gasteiger partial charge is 0.343 e. The molecular formula is C21H26FN3O4. The van der Waals surface area contributed by atoms with E-state index in [4.69, 9.17) is 14.3 Å². The molecule has 8 heteroatoms. The predicted octanol–water partition coefficient (Wildman–Crippen LogP) is 2.41. The van der Waals surface area contributed by atoms with E-state index >= 15 is 4.39 Å². The molecule has 0 radical (unpaired) electrons. The number of carbonyl (C=O) groups excluding carboxylic acids is 1. The lowest BCUT2D eigenvalue weighted by Gasteiger charge is -2.37. The highest BCUT2D eigenvalue weighted by molar-refractivity contribution is 5.98. The Bertz CT molecular complexity index is 1260. The second kappa shape index (κ2) is 7.33. The van der Waals surface area contributed by atoms with E-state index in [9.17, 15) is 9.59 Å². The van der Waals surface area contributed by atoms with Gasteiger partial charge >= 0.3 is 5.97 Å². The molecule has 0 amide bonds. The van der Waals surface area contributed by atoms with Gasteiger partial charge in [0.25, 0.3) is 0 Å². The van der Waals surface area contributed by atoms with E-state index in [-0.39, 0.29) is 28.9 Å². The number of pyridine rings is 1. The number of nitrogens with zero attached hydrogens (tertiary/aromatic N) is 3. The Balaban J connectivity index is 1.87. The largest absolute Gasteiger partial charge is 0.487 e. The summed E-state index contributed by atoms with van der Waals surface area (Å²) in [4.78, 5) is 30.2. The summed E-state index contributed by atoms with van der Waals surface area (Å²) in [6, 6.07) is 0.578. The lowest BCUT2D eigenvalue weighted by molar-refractivity contribution is 0.0375. The summed E-state index contributed by atoms with van der Waals surface area (Å²) >= 11 is 0. The Hall–Kier alpha value is -2.61. The Morgan fingerprint density at radius 2 is 2.10 bits per heavy atom. The predicted molar refractivity (Wildman–Crippen MR) is 109 cm³/mol. The van der Waals surface area contributed by atoms with E-state index in [1.54, 1.807) is 6.92 Å². The molecule has 0 spiro atoms. The van der Waals surface area contributed by atoms with Crippen molar-refractivity contribution in [2.75, 3.05) is 44.7 Å². The van der Waals surface area contributed by atoms with Crippen molar-refractivity contribution in [3.05, 3.63) is 33.9 Å². The zero-order valence-electron chi connectivity index (χ0n) is 23.1. The van der Waals surface area contributed by atoms with Gasteiger partial charge in [0.2, 0.25) is 5.43 Å². The van der Waals surface area contributed by atoms with E-state index < -0.39 is 48.6 Å². The SMILES string of the molecule is [2H]C([2H])([2H])C([2H])(OC(=O)c1cn2c3c(c(N4CCN(C)CC4)c(F)cc3c1=O)OCC2C)C([2H])([2H])[2H]. The first-order valence-electron chi connectivity index (χ1n) is 12.8. The molecule has 1 fully saturated rings. The van der Waals surface area contributed by atoms with Crippen LogP contribution in [0.15, 0.2) is 17.1 Å². The Morgan fingerprint density at radius 3 is 2.79 bits per heavy atom. The highest BCUT2D eigenvalue weighted by Crippen LogP contribution is 2.42. The van der Waals surface area contributed by atoms with Crippen molar-refractivity contribution in [3.8, 4) is 5.75 Å². The first kappa shape index (κ1) is 12.8. The molecule has 0 aliphatic carbocycles. The summed E-state index contributed by atoms with van der Waals surface area (Å²) in [5.74, 6) is -2.17. The van der Waals surface area contributed by atoms with Crippen LogP contribution in [0.2, 0.25) is 0 Å². The molecule has 0 N–H and O–H groups in total. The number of esters is 1. The molecular weight excluding hydrogens is 377 g/mol. The fourth-order valence-electron chi connectivity index (χ4n) is 3.83. The molecule has 0 bridgehead atoms. The van der Waals surface area contributed by atoms with Gasteiger partial charge in [-0.2, -0.15) is 0 Å². The van der Waals surface area contributed by atoms with Gasteiger partial charge in [-0.25, -0.2) is 9.18 Å². The van der Waals surface area contributed by atoms with Crippen LogP contribution in [-0.2, 0) is 4.74 Å². The first-order chi connectivity index (χ1) is 16.6. The number of hydrogen-bond donors (Lipinski definition) is 0. The third-order valence-electron chi connectivity index (χ3n) is 5.38. The third kappa shape index (κ3) is 3.35. The van der Waals surface area contributed by atoms with E-state index in [1.165, 1.54) is 4.57 Å². The van der Waals surface area contributed by atoms with Crippen molar-refractivity contribution in [1.82, 2.24) is 9.47 Å². The van der Waals surface area contributed by atoms with E-state index in [1.807, 2.05) is 11.9 Å². The molecule has 0 saturated carbocycles. The number of carbonyl (C=O) groups is 1. The number of anilines is 1. The minimum atomic E-state index is -3.61. The van der Waals surface area contributed by atoms with Gasteiger partial charge in [-0.15, -0.1) is 0 Å². The molecule has 29 heavy (non-hydrogen) atoms. The van der Waals surface area contributed by atoms with Crippen molar-refractivity contribution in [3.63, 3.8) is 0 Å². The number of hydrogen-bond acceptors (Lipinski definition) is 6. The van der Waals surface area contributed by atoms with Crippen LogP contribution in [0.5, 0.6) is 5.75 Å². The van der Waals surface area contributed by atoms with Gasteiger partial charge in [-0.1, -0.05) is 0 Å². The van der Waals surface area contributed by atoms with Crippen molar-refractivity contribution in [1.29, 1.82) is 0 Å². The fourth-order valence-corrected chi connectivity index (χ4v) is 3.83. The number of halogens is 1. The van der Waals surface area contributed by atoms with Gasteiger partial charge < -0.3 is 23.8 Å². The lowest BCUT2D eigenvalue weighted by atomic mass is 10.1. The van der Waals surface area contributed by atoms with Gasteiger partial charge in [0.05, 0.1) is 24.4 Å². The molecule has 156 valence electrons. The van der Waals surface area contributed by atoms with Crippen molar-refractivity contribution >= 4 is 22.6 Å². The van der Waals surface area contributed by atoms with E-state index in [2.05, 4.69) is 9.64 Å². The number of benzene rings is 1. The summed E-state index contributed by atoms with van der Waals surface area (Å²) in [6.45, 7) is -2.76. The monoisotopic (exact) mass is 410 g/mol. The van der Waals surface area contributed by atoms with E-state index in [0.717, 1.165) is 12.3 Å². The molecule has 1 atom stereocenters. The summed E-state index contributed by atoms with van der Waals surface area (Å²) in [5, 5.41) is -0.209.